The number of aliphatic carboxylic acids is 1. The standard InChI is InChI=1S/C16H29NO4/c1-21-16(20)14(17-12-8-5-9-13-17)10-6-3-2-4-7-11-15(18)19/h14H,2-13H2,1H3,(H,18,19). The van der Waals surface area contributed by atoms with E-state index >= 15 is 0 Å². The van der Waals surface area contributed by atoms with Gasteiger partial charge in [-0.05, 0) is 38.8 Å². The van der Waals surface area contributed by atoms with Gasteiger partial charge in [-0.3, -0.25) is 14.5 Å². The van der Waals surface area contributed by atoms with Gasteiger partial charge in [-0.1, -0.05) is 32.1 Å². The van der Waals surface area contributed by atoms with Crippen LogP contribution in [0.3, 0.4) is 0 Å². The number of esters is 1. The summed E-state index contributed by atoms with van der Waals surface area (Å²) < 4.78 is 4.94. The maximum Gasteiger partial charge on any atom is 0.323 e. The van der Waals surface area contributed by atoms with E-state index in [2.05, 4.69) is 4.90 Å². The van der Waals surface area contributed by atoms with Gasteiger partial charge >= 0.3 is 11.9 Å². The first-order chi connectivity index (χ1) is 10.1. The van der Waals surface area contributed by atoms with E-state index in [4.69, 9.17) is 9.84 Å². The maximum atomic E-state index is 11.9. The van der Waals surface area contributed by atoms with Crippen molar-refractivity contribution in [3.63, 3.8) is 0 Å². The first-order valence-corrected chi connectivity index (χ1v) is 8.19. The fourth-order valence-corrected chi connectivity index (χ4v) is 2.96. The first-order valence-electron chi connectivity index (χ1n) is 8.19. The smallest absolute Gasteiger partial charge is 0.323 e. The van der Waals surface area contributed by atoms with Gasteiger partial charge in [0.25, 0.3) is 0 Å². The lowest BCUT2D eigenvalue weighted by molar-refractivity contribution is -0.147. The zero-order valence-corrected chi connectivity index (χ0v) is 13.2. The Morgan fingerprint density at radius 2 is 1.67 bits per heavy atom. The molecule has 0 aromatic carbocycles. The molecule has 21 heavy (non-hydrogen) atoms. The van der Waals surface area contributed by atoms with E-state index in [9.17, 15) is 9.59 Å². The molecule has 5 nitrogen and oxygen atoms in total. The fraction of sp³-hybridized carbons (Fsp3) is 0.875. The van der Waals surface area contributed by atoms with Gasteiger partial charge < -0.3 is 9.84 Å². The van der Waals surface area contributed by atoms with Gasteiger partial charge in [0.05, 0.1) is 7.11 Å². The Bertz CT molecular complexity index is 313. The number of ether oxygens (including phenoxy) is 1. The van der Waals surface area contributed by atoms with Crippen LogP contribution in [0.25, 0.3) is 0 Å². The number of carbonyl (C=O) groups excluding carboxylic acids is 1. The summed E-state index contributed by atoms with van der Waals surface area (Å²) in [5.41, 5.74) is 0. The molecular weight excluding hydrogens is 270 g/mol. The predicted octanol–water partition coefficient (Wildman–Crippen LogP) is 2.83. The molecule has 1 aliphatic rings. The molecular formula is C16H29NO4. The molecule has 0 amide bonds. The molecule has 122 valence electrons. The topological polar surface area (TPSA) is 66.8 Å². The average molecular weight is 299 g/mol. The summed E-state index contributed by atoms with van der Waals surface area (Å²) >= 11 is 0. The highest BCUT2D eigenvalue weighted by Crippen LogP contribution is 2.18. The van der Waals surface area contributed by atoms with Crippen LogP contribution in [0.15, 0.2) is 0 Å². The van der Waals surface area contributed by atoms with Crippen molar-refractivity contribution in [3.05, 3.63) is 0 Å². The molecule has 1 rings (SSSR count). The number of carboxylic acids is 1. The minimum absolute atomic E-state index is 0.0886. The summed E-state index contributed by atoms with van der Waals surface area (Å²) in [6, 6.07) is -0.0886. The van der Waals surface area contributed by atoms with Crippen LogP contribution >= 0.6 is 0 Å². The summed E-state index contributed by atoms with van der Waals surface area (Å²) in [6.45, 7) is 2.00. The van der Waals surface area contributed by atoms with Crippen molar-refractivity contribution in [2.45, 2.75) is 70.3 Å². The Balaban J connectivity index is 2.20. The van der Waals surface area contributed by atoms with Crippen LogP contribution in [0.4, 0.5) is 0 Å². The zero-order chi connectivity index (χ0) is 15.5. The van der Waals surface area contributed by atoms with Crippen LogP contribution < -0.4 is 0 Å². The Morgan fingerprint density at radius 1 is 1.05 bits per heavy atom. The molecule has 0 bridgehead atoms. The summed E-state index contributed by atoms with van der Waals surface area (Å²) in [5, 5.41) is 8.56. The third-order valence-electron chi connectivity index (χ3n) is 4.17. The van der Waals surface area contributed by atoms with Gasteiger partial charge in [0.1, 0.15) is 6.04 Å². The molecule has 1 aliphatic heterocycles. The molecule has 1 atom stereocenters. The molecule has 1 heterocycles. The van der Waals surface area contributed by atoms with Crippen molar-refractivity contribution in [3.8, 4) is 0 Å². The molecule has 0 saturated carbocycles. The van der Waals surface area contributed by atoms with Crippen molar-refractivity contribution < 1.29 is 19.4 Å². The quantitative estimate of drug-likeness (QED) is 0.496. The first kappa shape index (κ1) is 18.0. The van der Waals surface area contributed by atoms with Gasteiger partial charge in [-0.25, -0.2) is 0 Å². The number of hydrogen-bond donors (Lipinski definition) is 1. The maximum absolute atomic E-state index is 11.9. The average Bonchev–Trinajstić information content (AvgIpc) is 2.50. The molecule has 0 aromatic rings. The number of carbonyl (C=O) groups is 2. The number of nitrogens with zero attached hydrogens (tertiary/aromatic N) is 1. The summed E-state index contributed by atoms with van der Waals surface area (Å²) in [5.74, 6) is -0.825. The highest BCUT2D eigenvalue weighted by molar-refractivity contribution is 5.75. The third-order valence-corrected chi connectivity index (χ3v) is 4.17. The number of piperidine rings is 1. The molecule has 0 radical (unpaired) electrons. The van der Waals surface area contributed by atoms with Crippen molar-refractivity contribution in [1.82, 2.24) is 4.90 Å². The molecule has 5 heteroatoms. The second-order valence-corrected chi connectivity index (χ2v) is 5.84. The van der Waals surface area contributed by atoms with E-state index in [0.717, 1.165) is 51.6 Å². The fourth-order valence-electron chi connectivity index (χ4n) is 2.96. The van der Waals surface area contributed by atoms with Crippen LogP contribution in [0.5, 0.6) is 0 Å². The molecule has 0 aromatic heterocycles. The van der Waals surface area contributed by atoms with Crippen molar-refractivity contribution in [1.29, 1.82) is 0 Å². The number of rotatable bonds is 10. The van der Waals surface area contributed by atoms with Gasteiger partial charge in [-0.15, -0.1) is 0 Å². The number of likely N-dealkylation sites (tertiary alicyclic amines) is 1. The lowest BCUT2D eigenvalue weighted by Crippen LogP contribution is -2.44. The molecule has 1 unspecified atom stereocenters. The predicted molar refractivity (Wildman–Crippen MR) is 81.2 cm³/mol. The van der Waals surface area contributed by atoms with E-state index in [1.165, 1.54) is 26.4 Å². The highest BCUT2D eigenvalue weighted by Gasteiger charge is 2.27. The van der Waals surface area contributed by atoms with Gasteiger partial charge in [0, 0.05) is 6.42 Å². The molecule has 0 aliphatic carbocycles. The summed E-state index contributed by atoms with van der Waals surface area (Å²) in [7, 11) is 1.46. The summed E-state index contributed by atoms with van der Waals surface area (Å²) in [4.78, 5) is 24.6. The zero-order valence-electron chi connectivity index (χ0n) is 13.2. The second-order valence-electron chi connectivity index (χ2n) is 5.84. The van der Waals surface area contributed by atoms with E-state index in [-0.39, 0.29) is 18.4 Å². The normalized spacial score (nSPS) is 17.4. The monoisotopic (exact) mass is 299 g/mol. The summed E-state index contributed by atoms with van der Waals surface area (Å²) in [6.07, 6.45) is 9.52. The SMILES string of the molecule is COC(=O)C(CCCCCCCC(=O)O)N1CCCCC1. The lowest BCUT2D eigenvalue weighted by Gasteiger charge is -2.32. The Hall–Kier alpha value is -1.10. The lowest BCUT2D eigenvalue weighted by atomic mass is 10.0. The molecule has 0 spiro atoms. The van der Waals surface area contributed by atoms with Crippen LogP contribution in [-0.4, -0.2) is 48.2 Å². The van der Waals surface area contributed by atoms with Gasteiger partial charge in [0.2, 0.25) is 0 Å². The minimum atomic E-state index is -0.717. The number of unbranched alkanes of at least 4 members (excludes halogenated alkanes) is 4. The van der Waals surface area contributed by atoms with Gasteiger partial charge in [-0.2, -0.15) is 0 Å². The third kappa shape index (κ3) is 7.46. The van der Waals surface area contributed by atoms with Gasteiger partial charge in [0.15, 0.2) is 0 Å². The Labute approximate surface area is 127 Å². The van der Waals surface area contributed by atoms with E-state index < -0.39 is 5.97 Å². The molecule has 1 fully saturated rings. The van der Waals surface area contributed by atoms with Crippen molar-refractivity contribution in [2.75, 3.05) is 20.2 Å². The van der Waals surface area contributed by atoms with E-state index in [0.29, 0.717) is 0 Å². The van der Waals surface area contributed by atoms with E-state index in [1.807, 2.05) is 0 Å². The van der Waals surface area contributed by atoms with Crippen molar-refractivity contribution in [2.24, 2.45) is 0 Å². The van der Waals surface area contributed by atoms with E-state index in [1.54, 1.807) is 0 Å². The Kier molecular flexibility index (Phi) is 9.06. The number of carboxylic acid groups (broad SMARTS) is 1. The largest absolute Gasteiger partial charge is 0.481 e. The highest BCUT2D eigenvalue weighted by atomic mass is 16.5. The Morgan fingerprint density at radius 3 is 2.29 bits per heavy atom. The number of methoxy groups -OCH3 is 1. The van der Waals surface area contributed by atoms with Crippen LogP contribution in [-0.2, 0) is 14.3 Å². The van der Waals surface area contributed by atoms with Crippen LogP contribution in [0.1, 0.15) is 64.2 Å². The van der Waals surface area contributed by atoms with Crippen LogP contribution in [0.2, 0.25) is 0 Å². The van der Waals surface area contributed by atoms with Crippen molar-refractivity contribution >= 4 is 11.9 Å². The molecule has 1 saturated heterocycles. The molecule has 1 N–H and O–H groups in total. The second kappa shape index (κ2) is 10.6. The number of hydrogen-bond acceptors (Lipinski definition) is 4. The van der Waals surface area contributed by atoms with Crippen LogP contribution in [0, 0.1) is 0 Å². The minimum Gasteiger partial charge on any atom is -0.481 e.